The molecule has 0 bridgehead atoms. The number of hydrogen-bond acceptors (Lipinski definition) is 3. The van der Waals surface area contributed by atoms with E-state index in [1.165, 1.54) is 11.9 Å². The minimum atomic E-state index is -0.981. The van der Waals surface area contributed by atoms with Crippen molar-refractivity contribution in [3.63, 3.8) is 0 Å². The molecule has 0 aromatic rings. The fourth-order valence-corrected chi connectivity index (χ4v) is 1.30. The maximum Gasteiger partial charge on any atom is 0.326 e. The number of nitrogens with one attached hydrogen (secondary N) is 1. The number of carbonyl (C=O) groups excluding carboxylic acids is 1. The Morgan fingerprint density at radius 3 is 2.18 bits per heavy atom. The summed E-state index contributed by atoms with van der Waals surface area (Å²) in [5, 5.41) is 11.6. The molecule has 6 nitrogen and oxygen atoms in total. The number of nitrogens with zero attached hydrogens (tertiary/aromatic N) is 2. The van der Waals surface area contributed by atoms with Gasteiger partial charge in [-0.15, -0.1) is 0 Å². The molecule has 0 rings (SSSR count). The van der Waals surface area contributed by atoms with E-state index in [2.05, 4.69) is 5.32 Å². The van der Waals surface area contributed by atoms with E-state index in [0.717, 1.165) is 0 Å². The Hall–Kier alpha value is -1.30. The molecule has 6 heteroatoms. The number of hydrogen-bond donors (Lipinski definition) is 2. The van der Waals surface area contributed by atoms with Gasteiger partial charge < -0.3 is 20.2 Å². The van der Waals surface area contributed by atoms with Crippen LogP contribution in [0.2, 0.25) is 0 Å². The summed E-state index contributed by atoms with van der Waals surface area (Å²) in [5.74, 6) is -0.981. The van der Waals surface area contributed by atoms with Crippen LogP contribution in [0.25, 0.3) is 0 Å². The van der Waals surface area contributed by atoms with Gasteiger partial charge in [-0.25, -0.2) is 9.59 Å². The van der Waals surface area contributed by atoms with Crippen LogP contribution >= 0.6 is 0 Å². The van der Waals surface area contributed by atoms with Crippen LogP contribution < -0.4 is 5.32 Å². The number of rotatable bonds is 6. The molecule has 2 N–H and O–H groups in total. The van der Waals surface area contributed by atoms with E-state index < -0.39 is 12.0 Å². The van der Waals surface area contributed by atoms with Crippen molar-refractivity contribution in [3.8, 4) is 0 Å². The van der Waals surface area contributed by atoms with E-state index >= 15 is 0 Å². The molecule has 0 radical (unpaired) electrons. The van der Waals surface area contributed by atoms with Crippen LogP contribution in [-0.4, -0.2) is 66.7 Å². The first-order valence-electron chi connectivity index (χ1n) is 5.71. The Labute approximate surface area is 103 Å². The predicted molar refractivity (Wildman–Crippen MR) is 66.0 cm³/mol. The molecule has 0 aromatic carbocycles. The summed E-state index contributed by atoms with van der Waals surface area (Å²) in [6, 6.07) is -0.921. The van der Waals surface area contributed by atoms with Gasteiger partial charge in [0.15, 0.2) is 0 Å². The fourth-order valence-electron chi connectivity index (χ4n) is 1.30. The highest BCUT2D eigenvalue weighted by atomic mass is 16.4. The molecule has 0 fully saturated rings. The summed E-state index contributed by atoms with van der Waals surface area (Å²) < 4.78 is 0. The van der Waals surface area contributed by atoms with E-state index in [9.17, 15) is 9.59 Å². The van der Waals surface area contributed by atoms with Crippen LogP contribution in [0.4, 0.5) is 4.79 Å². The third-order valence-corrected chi connectivity index (χ3v) is 2.89. The molecule has 2 atom stereocenters. The Bertz CT molecular complexity index is 269. The molecule has 0 saturated carbocycles. The third-order valence-electron chi connectivity index (χ3n) is 2.89. The lowest BCUT2D eigenvalue weighted by atomic mass is 10.2. The third kappa shape index (κ3) is 5.04. The van der Waals surface area contributed by atoms with Crippen molar-refractivity contribution in [2.24, 2.45) is 0 Å². The lowest BCUT2D eigenvalue weighted by molar-refractivity contribution is -0.141. The van der Waals surface area contributed by atoms with E-state index in [1.54, 1.807) is 6.92 Å². The van der Waals surface area contributed by atoms with Crippen LogP contribution in [-0.2, 0) is 4.79 Å². The van der Waals surface area contributed by atoms with Crippen LogP contribution in [0.1, 0.15) is 20.3 Å². The maximum atomic E-state index is 11.7. The smallest absolute Gasteiger partial charge is 0.326 e. The van der Waals surface area contributed by atoms with E-state index in [0.29, 0.717) is 13.0 Å². The average Bonchev–Trinajstić information content (AvgIpc) is 2.25. The van der Waals surface area contributed by atoms with Crippen LogP contribution in [0.15, 0.2) is 0 Å². The molecule has 0 aliphatic heterocycles. The van der Waals surface area contributed by atoms with Gasteiger partial charge in [0.25, 0.3) is 0 Å². The Morgan fingerprint density at radius 1 is 1.29 bits per heavy atom. The number of carbonyl (C=O) groups is 2. The van der Waals surface area contributed by atoms with Crippen molar-refractivity contribution in [2.75, 3.05) is 27.7 Å². The minimum absolute atomic E-state index is 0.206. The second-order valence-electron chi connectivity index (χ2n) is 4.37. The minimum Gasteiger partial charge on any atom is -0.480 e. The second-order valence-corrected chi connectivity index (χ2v) is 4.37. The van der Waals surface area contributed by atoms with Crippen LogP contribution in [0.5, 0.6) is 0 Å². The number of carboxylic acids is 1. The molecule has 17 heavy (non-hydrogen) atoms. The molecule has 0 saturated heterocycles. The molecule has 2 unspecified atom stereocenters. The van der Waals surface area contributed by atoms with Crippen LogP contribution in [0.3, 0.4) is 0 Å². The summed E-state index contributed by atoms with van der Waals surface area (Å²) in [6.07, 6.45) is 0.391. The highest BCUT2D eigenvalue weighted by Crippen LogP contribution is 2.02. The van der Waals surface area contributed by atoms with Gasteiger partial charge in [-0.05, 0) is 27.4 Å². The maximum absolute atomic E-state index is 11.7. The molecular formula is C11H23N3O3. The highest BCUT2D eigenvalue weighted by molar-refractivity contribution is 5.82. The summed E-state index contributed by atoms with van der Waals surface area (Å²) in [6.45, 7) is 4.21. The summed E-state index contributed by atoms with van der Waals surface area (Å²) in [4.78, 5) is 25.8. The zero-order valence-corrected chi connectivity index (χ0v) is 11.2. The van der Waals surface area contributed by atoms with Gasteiger partial charge in [-0.1, -0.05) is 6.92 Å². The summed E-state index contributed by atoms with van der Waals surface area (Å²) in [7, 11) is 5.34. The van der Waals surface area contributed by atoms with E-state index in [1.807, 2.05) is 25.9 Å². The molecule has 0 aromatic heterocycles. The first kappa shape index (κ1) is 15.7. The number of urea groups is 1. The van der Waals surface area contributed by atoms with Gasteiger partial charge in [0.05, 0.1) is 0 Å². The SMILES string of the molecule is CCC(C(=O)O)N(C)C(=O)NCC(C)N(C)C. The van der Waals surface area contributed by atoms with Crippen molar-refractivity contribution in [1.82, 2.24) is 15.1 Å². The largest absolute Gasteiger partial charge is 0.480 e. The van der Waals surface area contributed by atoms with Gasteiger partial charge >= 0.3 is 12.0 Å². The van der Waals surface area contributed by atoms with Crippen molar-refractivity contribution < 1.29 is 14.7 Å². The molecule has 0 aliphatic carbocycles. The Kier molecular flexibility index (Phi) is 6.57. The van der Waals surface area contributed by atoms with Gasteiger partial charge in [0.1, 0.15) is 6.04 Å². The fraction of sp³-hybridized carbons (Fsp3) is 0.818. The zero-order chi connectivity index (χ0) is 13.6. The Morgan fingerprint density at radius 2 is 1.82 bits per heavy atom. The lowest BCUT2D eigenvalue weighted by Gasteiger charge is -2.26. The van der Waals surface area contributed by atoms with Crippen molar-refractivity contribution >= 4 is 12.0 Å². The van der Waals surface area contributed by atoms with Gasteiger partial charge in [0.2, 0.25) is 0 Å². The van der Waals surface area contributed by atoms with Gasteiger partial charge in [-0.2, -0.15) is 0 Å². The van der Waals surface area contributed by atoms with Crippen molar-refractivity contribution in [1.29, 1.82) is 0 Å². The molecule has 100 valence electrons. The van der Waals surface area contributed by atoms with Crippen LogP contribution in [0, 0.1) is 0 Å². The topological polar surface area (TPSA) is 72.9 Å². The second kappa shape index (κ2) is 7.11. The van der Waals surface area contributed by atoms with E-state index in [-0.39, 0.29) is 12.1 Å². The Balaban J connectivity index is 4.26. The highest BCUT2D eigenvalue weighted by Gasteiger charge is 2.24. The predicted octanol–water partition coefficient (Wildman–Crippen LogP) is 0.441. The molecule has 0 aliphatic rings. The number of carboxylic acid groups (broad SMARTS) is 1. The quantitative estimate of drug-likeness (QED) is 0.712. The first-order chi connectivity index (χ1) is 7.81. The zero-order valence-electron chi connectivity index (χ0n) is 11.2. The number of amides is 2. The molecular weight excluding hydrogens is 222 g/mol. The normalized spacial score (nSPS) is 14.2. The standard InChI is InChI=1S/C11H23N3O3/c1-6-9(10(15)16)14(5)11(17)12-7-8(2)13(3)4/h8-9H,6-7H2,1-5H3,(H,12,17)(H,15,16). The van der Waals surface area contributed by atoms with E-state index in [4.69, 9.17) is 5.11 Å². The monoisotopic (exact) mass is 245 g/mol. The van der Waals surface area contributed by atoms with Crippen molar-refractivity contribution in [2.45, 2.75) is 32.4 Å². The van der Waals surface area contributed by atoms with Gasteiger partial charge in [0, 0.05) is 19.6 Å². The lowest BCUT2D eigenvalue weighted by Crippen LogP contribution is -2.49. The van der Waals surface area contributed by atoms with Gasteiger partial charge in [-0.3, -0.25) is 0 Å². The summed E-state index contributed by atoms with van der Waals surface area (Å²) >= 11 is 0. The number of likely N-dealkylation sites (N-methyl/N-ethyl adjacent to an activating group) is 2. The molecule has 0 heterocycles. The molecule has 0 spiro atoms. The molecule has 2 amide bonds. The average molecular weight is 245 g/mol. The first-order valence-corrected chi connectivity index (χ1v) is 5.71. The number of aliphatic carboxylic acids is 1. The van der Waals surface area contributed by atoms with Crippen molar-refractivity contribution in [3.05, 3.63) is 0 Å². The summed E-state index contributed by atoms with van der Waals surface area (Å²) in [5.41, 5.74) is 0.